The highest BCUT2D eigenvalue weighted by molar-refractivity contribution is 5.48. The van der Waals surface area contributed by atoms with Crippen LogP contribution in [0.1, 0.15) is 49.4 Å². The Hall–Kier alpha value is -1.16. The topological polar surface area (TPSA) is 47.0 Å². The largest absolute Gasteiger partial charge is 0.370 e. The molecule has 0 aromatic carbocycles. The van der Waals surface area contributed by atoms with Crippen molar-refractivity contribution in [2.24, 2.45) is 0 Å². The molecule has 1 atom stereocenters. The number of nitrogens with one attached hydrogen (secondary N) is 1. The first-order valence-corrected chi connectivity index (χ1v) is 6.63. The predicted octanol–water partition coefficient (Wildman–Crippen LogP) is 2.25. The van der Waals surface area contributed by atoms with Crippen LogP contribution in [-0.4, -0.2) is 23.1 Å². The number of hydrogen-bond donors (Lipinski definition) is 1. The molecular weight excluding hydrogens is 214 g/mol. The first kappa shape index (κ1) is 11.0. The van der Waals surface area contributed by atoms with Crippen LogP contribution in [0.25, 0.3) is 0 Å². The second-order valence-corrected chi connectivity index (χ2v) is 4.74. The molecule has 3 rings (SSSR count). The molecule has 1 aliphatic heterocycles. The van der Waals surface area contributed by atoms with E-state index in [0.717, 1.165) is 50.5 Å². The van der Waals surface area contributed by atoms with E-state index in [1.54, 1.807) is 0 Å². The van der Waals surface area contributed by atoms with Gasteiger partial charge in [-0.1, -0.05) is 0 Å². The lowest BCUT2D eigenvalue weighted by atomic mass is 10.2. The third-order valence-corrected chi connectivity index (χ3v) is 3.51. The SMILES string of the molecule is CCNc1nc(C2CCCO2)nc2c1CCC2. The summed E-state index contributed by atoms with van der Waals surface area (Å²) < 4.78 is 5.68. The van der Waals surface area contributed by atoms with Gasteiger partial charge in [0.25, 0.3) is 0 Å². The minimum atomic E-state index is 0.123. The number of aryl methyl sites for hydroxylation is 1. The lowest BCUT2D eigenvalue weighted by molar-refractivity contribution is 0.105. The monoisotopic (exact) mass is 233 g/mol. The Morgan fingerprint density at radius 1 is 1.29 bits per heavy atom. The van der Waals surface area contributed by atoms with Crippen molar-refractivity contribution in [2.45, 2.75) is 45.1 Å². The molecule has 1 aliphatic carbocycles. The Kier molecular flexibility index (Phi) is 2.97. The number of nitrogens with zero attached hydrogens (tertiary/aromatic N) is 2. The van der Waals surface area contributed by atoms with E-state index in [1.165, 1.54) is 17.7 Å². The predicted molar refractivity (Wildman–Crippen MR) is 66.1 cm³/mol. The van der Waals surface area contributed by atoms with Crippen molar-refractivity contribution < 1.29 is 4.74 Å². The van der Waals surface area contributed by atoms with Crippen molar-refractivity contribution in [3.63, 3.8) is 0 Å². The fourth-order valence-corrected chi connectivity index (χ4v) is 2.69. The van der Waals surface area contributed by atoms with Crippen molar-refractivity contribution in [1.29, 1.82) is 0 Å². The molecule has 1 saturated heterocycles. The van der Waals surface area contributed by atoms with E-state index in [-0.39, 0.29) is 6.10 Å². The summed E-state index contributed by atoms with van der Waals surface area (Å²) in [5.74, 6) is 1.93. The second kappa shape index (κ2) is 4.61. The number of hydrogen-bond acceptors (Lipinski definition) is 4. The molecule has 4 heteroatoms. The lowest BCUT2D eigenvalue weighted by Crippen LogP contribution is -2.11. The molecule has 1 aromatic heterocycles. The van der Waals surface area contributed by atoms with Gasteiger partial charge in [0.05, 0.1) is 0 Å². The molecule has 2 aliphatic rings. The van der Waals surface area contributed by atoms with Gasteiger partial charge in [-0.05, 0) is 39.0 Å². The van der Waals surface area contributed by atoms with Crippen LogP contribution in [-0.2, 0) is 17.6 Å². The summed E-state index contributed by atoms with van der Waals surface area (Å²) in [5, 5.41) is 3.37. The maximum atomic E-state index is 5.68. The summed E-state index contributed by atoms with van der Waals surface area (Å²) in [5.41, 5.74) is 2.56. The molecule has 1 unspecified atom stereocenters. The van der Waals surface area contributed by atoms with Crippen molar-refractivity contribution in [2.75, 3.05) is 18.5 Å². The first-order valence-electron chi connectivity index (χ1n) is 6.63. The van der Waals surface area contributed by atoms with Gasteiger partial charge in [0.1, 0.15) is 11.9 Å². The van der Waals surface area contributed by atoms with Gasteiger partial charge in [-0.2, -0.15) is 0 Å². The molecule has 0 amide bonds. The van der Waals surface area contributed by atoms with Crippen LogP contribution in [0.2, 0.25) is 0 Å². The zero-order valence-corrected chi connectivity index (χ0v) is 10.3. The van der Waals surface area contributed by atoms with Crippen LogP contribution in [0.3, 0.4) is 0 Å². The van der Waals surface area contributed by atoms with Crippen LogP contribution in [0.5, 0.6) is 0 Å². The highest BCUT2D eigenvalue weighted by Crippen LogP contribution is 2.31. The fourth-order valence-electron chi connectivity index (χ4n) is 2.69. The van der Waals surface area contributed by atoms with Gasteiger partial charge < -0.3 is 10.1 Å². The summed E-state index contributed by atoms with van der Waals surface area (Å²) in [6, 6.07) is 0. The molecule has 1 N–H and O–H groups in total. The molecule has 1 aromatic rings. The molecule has 1 fully saturated rings. The maximum absolute atomic E-state index is 5.68. The Morgan fingerprint density at radius 3 is 3.00 bits per heavy atom. The molecule has 0 radical (unpaired) electrons. The Labute approximate surface area is 102 Å². The van der Waals surface area contributed by atoms with E-state index in [4.69, 9.17) is 9.72 Å². The van der Waals surface area contributed by atoms with Gasteiger partial charge in [0.2, 0.25) is 0 Å². The number of aromatic nitrogens is 2. The van der Waals surface area contributed by atoms with Crippen molar-refractivity contribution in [3.05, 3.63) is 17.1 Å². The smallest absolute Gasteiger partial charge is 0.159 e. The van der Waals surface area contributed by atoms with Crippen LogP contribution >= 0.6 is 0 Å². The minimum absolute atomic E-state index is 0.123. The molecule has 17 heavy (non-hydrogen) atoms. The standard InChI is InChI=1S/C13H19N3O/c1-2-14-12-9-5-3-6-10(9)15-13(16-12)11-7-4-8-17-11/h11H,2-8H2,1H3,(H,14,15,16). The minimum Gasteiger partial charge on any atom is -0.370 e. The molecule has 0 spiro atoms. The van der Waals surface area contributed by atoms with E-state index in [1.807, 2.05) is 0 Å². The van der Waals surface area contributed by atoms with E-state index < -0.39 is 0 Å². The zero-order chi connectivity index (χ0) is 11.7. The maximum Gasteiger partial charge on any atom is 0.159 e. The molecule has 0 bridgehead atoms. The van der Waals surface area contributed by atoms with Crippen molar-refractivity contribution in [1.82, 2.24) is 9.97 Å². The quantitative estimate of drug-likeness (QED) is 0.869. The number of ether oxygens (including phenoxy) is 1. The van der Waals surface area contributed by atoms with Gasteiger partial charge in [0.15, 0.2) is 5.82 Å². The van der Waals surface area contributed by atoms with Gasteiger partial charge in [0, 0.05) is 24.4 Å². The first-order chi connectivity index (χ1) is 8.38. The second-order valence-electron chi connectivity index (χ2n) is 4.74. The van der Waals surface area contributed by atoms with Crippen LogP contribution < -0.4 is 5.32 Å². The Morgan fingerprint density at radius 2 is 2.24 bits per heavy atom. The number of anilines is 1. The lowest BCUT2D eigenvalue weighted by Gasteiger charge is -2.14. The number of rotatable bonds is 3. The molecular formula is C13H19N3O. The average Bonchev–Trinajstić information content (AvgIpc) is 3.00. The average molecular weight is 233 g/mol. The Balaban J connectivity index is 1.96. The third-order valence-electron chi connectivity index (χ3n) is 3.51. The third kappa shape index (κ3) is 2.02. The Bertz CT molecular complexity index is 413. The summed E-state index contributed by atoms with van der Waals surface area (Å²) >= 11 is 0. The molecule has 0 saturated carbocycles. The fraction of sp³-hybridized carbons (Fsp3) is 0.692. The van der Waals surface area contributed by atoms with E-state index >= 15 is 0 Å². The highest BCUT2D eigenvalue weighted by atomic mass is 16.5. The number of fused-ring (bicyclic) bond motifs is 1. The van der Waals surface area contributed by atoms with Crippen LogP contribution in [0.4, 0.5) is 5.82 Å². The van der Waals surface area contributed by atoms with E-state index in [9.17, 15) is 0 Å². The summed E-state index contributed by atoms with van der Waals surface area (Å²) in [6.45, 7) is 3.87. The van der Waals surface area contributed by atoms with Crippen molar-refractivity contribution >= 4 is 5.82 Å². The van der Waals surface area contributed by atoms with Gasteiger partial charge >= 0.3 is 0 Å². The molecule has 92 valence electrons. The van der Waals surface area contributed by atoms with Gasteiger partial charge in [-0.25, -0.2) is 9.97 Å². The van der Waals surface area contributed by atoms with Gasteiger partial charge in [-0.3, -0.25) is 0 Å². The normalized spacial score (nSPS) is 22.8. The summed E-state index contributed by atoms with van der Waals surface area (Å²) in [7, 11) is 0. The van der Waals surface area contributed by atoms with Crippen LogP contribution in [0.15, 0.2) is 0 Å². The summed E-state index contributed by atoms with van der Waals surface area (Å²) in [4.78, 5) is 9.37. The molecule has 4 nitrogen and oxygen atoms in total. The highest BCUT2D eigenvalue weighted by Gasteiger charge is 2.25. The summed E-state index contributed by atoms with van der Waals surface area (Å²) in [6.07, 6.45) is 5.72. The molecule has 2 heterocycles. The van der Waals surface area contributed by atoms with E-state index in [2.05, 4.69) is 17.2 Å². The van der Waals surface area contributed by atoms with Crippen LogP contribution in [0, 0.1) is 0 Å². The van der Waals surface area contributed by atoms with Crippen molar-refractivity contribution in [3.8, 4) is 0 Å². The van der Waals surface area contributed by atoms with E-state index in [0.29, 0.717) is 0 Å². The zero-order valence-electron chi connectivity index (χ0n) is 10.3. The van der Waals surface area contributed by atoms with Gasteiger partial charge in [-0.15, -0.1) is 0 Å².